The maximum atomic E-state index is 13.0. The summed E-state index contributed by atoms with van der Waals surface area (Å²) >= 11 is 1.55. The van der Waals surface area contributed by atoms with E-state index in [2.05, 4.69) is 5.32 Å². The average Bonchev–Trinajstić information content (AvgIpc) is 2.90. The lowest BCUT2D eigenvalue weighted by Gasteiger charge is -2.12. The van der Waals surface area contributed by atoms with Crippen LogP contribution < -0.4 is 5.32 Å². The van der Waals surface area contributed by atoms with Crippen LogP contribution in [0.3, 0.4) is 0 Å². The standard InChI is InChI=1S/C17H16FNO3S/c1-11-6-7-15(23-11)8-9-16(20)22-12(2)17(21)19-14-5-3-4-13(18)10-14/h3-10,12H,1-2H3,(H,19,21)/b9-8+/t12-/m0/s1. The summed E-state index contributed by atoms with van der Waals surface area (Å²) in [7, 11) is 0. The van der Waals surface area contributed by atoms with Crippen LogP contribution in [0.15, 0.2) is 42.5 Å². The Morgan fingerprint density at radius 2 is 2.09 bits per heavy atom. The number of ether oxygens (including phenoxy) is 1. The Bertz CT molecular complexity index is 739. The second-order valence-electron chi connectivity index (χ2n) is 4.86. The van der Waals surface area contributed by atoms with Gasteiger partial charge < -0.3 is 10.1 Å². The number of benzene rings is 1. The third kappa shape index (κ3) is 5.34. The number of thiophene rings is 1. The highest BCUT2D eigenvalue weighted by atomic mass is 32.1. The highest BCUT2D eigenvalue weighted by Gasteiger charge is 2.16. The van der Waals surface area contributed by atoms with E-state index in [9.17, 15) is 14.0 Å². The van der Waals surface area contributed by atoms with Gasteiger partial charge in [-0.3, -0.25) is 4.79 Å². The van der Waals surface area contributed by atoms with Crippen molar-refractivity contribution in [2.75, 3.05) is 5.32 Å². The molecule has 6 heteroatoms. The van der Waals surface area contributed by atoms with E-state index in [1.807, 2.05) is 19.1 Å². The number of carbonyl (C=O) groups is 2. The molecule has 4 nitrogen and oxygen atoms in total. The van der Waals surface area contributed by atoms with E-state index in [0.717, 1.165) is 9.75 Å². The topological polar surface area (TPSA) is 55.4 Å². The molecule has 0 spiro atoms. The summed E-state index contributed by atoms with van der Waals surface area (Å²) in [5.74, 6) is -1.59. The summed E-state index contributed by atoms with van der Waals surface area (Å²) < 4.78 is 18.1. The quantitative estimate of drug-likeness (QED) is 0.669. The number of carbonyl (C=O) groups excluding carboxylic acids is 2. The zero-order chi connectivity index (χ0) is 16.8. The maximum Gasteiger partial charge on any atom is 0.331 e. The zero-order valence-corrected chi connectivity index (χ0v) is 13.5. The van der Waals surface area contributed by atoms with Crippen LogP contribution in [0.1, 0.15) is 16.7 Å². The van der Waals surface area contributed by atoms with Crippen LogP contribution in [0.25, 0.3) is 6.08 Å². The minimum absolute atomic E-state index is 0.308. The van der Waals surface area contributed by atoms with Crippen molar-refractivity contribution in [1.82, 2.24) is 0 Å². The van der Waals surface area contributed by atoms with Crippen LogP contribution in [-0.2, 0) is 14.3 Å². The van der Waals surface area contributed by atoms with E-state index in [4.69, 9.17) is 4.74 Å². The Hall–Kier alpha value is -2.47. The van der Waals surface area contributed by atoms with Crippen molar-refractivity contribution in [2.45, 2.75) is 20.0 Å². The van der Waals surface area contributed by atoms with Gasteiger partial charge in [-0.05, 0) is 50.3 Å². The first kappa shape index (κ1) is 16.9. The van der Waals surface area contributed by atoms with Gasteiger partial charge in [0.05, 0.1) is 0 Å². The second kappa shape index (κ2) is 7.69. The lowest BCUT2D eigenvalue weighted by molar-refractivity contribution is -0.148. The molecule has 120 valence electrons. The second-order valence-corrected chi connectivity index (χ2v) is 6.18. The minimum atomic E-state index is -0.986. The van der Waals surface area contributed by atoms with E-state index >= 15 is 0 Å². The van der Waals surface area contributed by atoms with Crippen molar-refractivity contribution in [1.29, 1.82) is 0 Å². The number of rotatable bonds is 5. The van der Waals surface area contributed by atoms with Crippen LogP contribution in [0.5, 0.6) is 0 Å². The molecule has 0 unspecified atom stereocenters. The number of anilines is 1. The summed E-state index contributed by atoms with van der Waals surface area (Å²) in [6.45, 7) is 3.43. The number of esters is 1. The normalized spacial score (nSPS) is 12.1. The fourth-order valence-electron chi connectivity index (χ4n) is 1.77. The van der Waals surface area contributed by atoms with Crippen molar-refractivity contribution >= 4 is 35.0 Å². The number of hydrogen-bond donors (Lipinski definition) is 1. The molecule has 1 heterocycles. The Kier molecular flexibility index (Phi) is 5.65. The molecule has 0 fully saturated rings. The van der Waals surface area contributed by atoms with Gasteiger partial charge >= 0.3 is 5.97 Å². The van der Waals surface area contributed by atoms with Crippen molar-refractivity contribution < 1.29 is 18.7 Å². The molecule has 1 amide bonds. The smallest absolute Gasteiger partial charge is 0.331 e. The minimum Gasteiger partial charge on any atom is -0.449 e. The van der Waals surface area contributed by atoms with Gasteiger partial charge in [0.1, 0.15) is 5.82 Å². The van der Waals surface area contributed by atoms with Gasteiger partial charge in [-0.2, -0.15) is 0 Å². The highest BCUT2D eigenvalue weighted by molar-refractivity contribution is 7.12. The lowest BCUT2D eigenvalue weighted by atomic mass is 10.3. The van der Waals surface area contributed by atoms with E-state index in [-0.39, 0.29) is 0 Å². The van der Waals surface area contributed by atoms with Crippen LogP contribution in [0, 0.1) is 12.7 Å². The van der Waals surface area contributed by atoms with Gasteiger partial charge in [0.2, 0.25) is 0 Å². The molecule has 23 heavy (non-hydrogen) atoms. The molecule has 2 aromatic rings. The van der Waals surface area contributed by atoms with Crippen LogP contribution in [0.2, 0.25) is 0 Å². The van der Waals surface area contributed by atoms with Gasteiger partial charge in [-0.25, -0.2) is 9.18 Å². The number of halogens is 1. The van der Waals surface area contributed by atoms with E-state index < -0.39 is 23.8 Å². The van der Waals surface area contributed by atoms with Crippen molar-refractivity contribution in [3.05, 3.63) is 58.0 Å². The molecule has 0 bridgehead atoms. The monoisotopic (exact) mass is 333 g/mol. The van der Waals surface area contributed by atoms with Crippen molar-refractivity contribution in [3.8, 4) is 0 Å². The molecule has 2 rings (SSSR count). The molecule has 0 aliphatic rings. The van der Waals surface area contributed by atoms with Crippen molar-refractivity contribution in [2.24, 2.45) is 0 Å². The molecular formula is C17H16FNO3S. The average molecular weight is 333 g/mol. The Morgan fingerprint density at radius 1 is 1.30 bits per heavy atom. The van der Waals surface area contributed by atoms with Crippen LogP contribution in [-0.4, -0.2) is 18.0 Å². The first-order valence-corrected chi connectivity index (χ1v) is 7.77. The fourth-order valence-corrected chi connectivity index (χ4v) is 2.55. The van der Waals surface area contributed by atoms with E-state index in [0.29, 0.717) is 5.69 Å². The summed E-state index contributed by atoms with van der Waals surface area (Å²) in [5.41, 5.74) is 0.308. The Labute approximate surface area is 137 Å². The Morgan fingerprint density at radius 3 is 2.74 bits per heavy atom. The predicted molar refractivity (Wildman–Crippen MR) is 88.7 cm³/mol. The summed E-state index contributed by atoms with van der Waals surface area (Å²) in [4.78, 5) is 25.7. The number of nitrogens with one attached hydrogen (secondary N) is 1. The summed E-state index contributed by atoms with van der Waals surface area (Å²) in [6.07, 6.45) is 1.93. The summed E-state index contributed by atoms with van der Waals surface area (Å²) in [6, 6.07) is 9.33. The van der Waals surface area contributed by atoms with E-state index in [1.165, 1.54) is 31.2 Å². The van der Waals surface area contributed by atoms with Gasteiger partial charge in [0.15, 0.2) is 6.10 Å². The SMILES string of the molecule is Cc1ccc(/C=C/C(=O)O[C@@H](C)C(=O)Nc2cccc(F)c2)s1. The molecule has 0 aliphatic heterocycles. The Balaban J connectivity index is 1.87. The lowest BCUT2D eigenvalue weighted by Crippen LogP contribution is -2.29. The fraction of sp³-hybridized carbons (Fsp3) is 0.176. The van der Waals surface area contributed by atoms with Crippen LogP contribution in [0.4, 0.5) is 10.1 Å². The molecule has 1 N–H and O–H groups in total. The van der Waals surface area contributed by atoms with Gasteiger partial charge in [0, 0.05) is 21.5 Å². The number of aryl methyl sites for hydroxylation is 1. The molecule has 0 saturated carbocycles. The molecule has 1 atom stereocenters. The van der Waals surface area contributed by atoms with Crippen molar-refractivity contribution in [3.63, 3.8) is 0 Å². The molecule has 1 aromatic heterocycles. The molecular weight excluding hydrogens is 317 g/mol. The highest BCUT2D eigenvalue weighted by Crippen LogP contribution is 2.16. The first-order valence-electron chi connectivity index (χ1n) is 6.95. The van der Waals surface area contributed by atoms with Gasteiger partial charge in [0.25, 0.3) is 5.91 Å². The molecule has 0 aliphatic carbocycles. The largest absolute Gasteiger partial charge is 0.449 e. The predicted octanol–water partition coefficient (Wildman–Crippen LogP) is 3.78. The molecule has 1 aromatic carbocycles. The van der Waals surface area contributed by atoms with Gasteiger partial charge in [-0.1, -0.05) is 6.07 Å². The number of amides is 1. The molecule has 0 radical (unpaired) electrons. The molecule has 0 saturated heterocycles. The maximum absolute atomic E-state index is 13.0. The van der Waals surface area contributed by atoms with Crippen LogP contribution >= 0.6 is 11.3 Å². The van der Waals surface area contributed by atoms with E-state index in [1.54, 1.807) is 23.5 Å². The summed E-state index contributed by atoms with van der Waals surface area (Å²) in [5, 5.41) is 2.49. The third-order valence-electron chi connectivity index (χ3n) is 2.90. The zero-order valence-electron chi connectivity index (χ0n) is 12.7. The van der Waals surface area contributed by atoms with Gasteiger partial charge in [-0.15, -0.1) is 11.3 Å². The number of hydrogen-bond acceptors (Lipinski definition) is 4. The third-order valence-corrected chi connectivity index (χ3v) is 3.87. The first-order chi connectivity index (χ1) is 10.9.